The van der Waals surface area contributed by atoms with Crippen LogP contribution < -0.4 is 10.1 Å². The quantitative estimate of drug-likeness (QED) is 0.907. The van der Waals surface area contributed by atoms with E-state index in [4.69, 9.17) is 4.74 Å². The van der Waals surface area contributed by atoms with Gasteiger partial charge in [-0.05, 0) is 48.2 Å². The summed E-state index contributed by atoms with van der Waals surface area (Å²) in [4.78, 5) is 0. The van der Waals surface area contributed by atoms with Crippen molar-refractivity contribution in [3.63, 3.8) is 0 Å². The fourth-order valence-corrected chi connectivity index (χ4v) is 2.59. The Balaban J connectivity index is 1.79. The Labute approximate surface area is 114 Å². The smallest absolute Gasteiger partial charge is 0.122 e. The fraction of sp³-hybridized carbons (Fsp3) is 0.294. The topological polar surface area (TPSA) is 21.3 Å². The minimum absolute atomic E-state index is 0.649. The molecule has 2 aromatic rings. The summed E-state index contributed by atoms with van der Waals surface area (Å²) in [6.07, 6.45) is 1.12. The Morgan fingerprint density at radius 2 is 2.00 bits per heavy atom. The molecule has 0 amide bonds. The molecule has 1 aliphatic rings. The average Bonchev–Trinajstić information content (AvgIpc) is 2.46. The highest BCUT2D eigenvalue weighted by molar-refractivity contribution is 5.37. The number of benzene rings is 2. The third-order valence-electron chi connectivity index (χ3n) is 3.72. The second-order valence-electron chi connectivity index (χ2n) is 5.04. The van der Waals surface area contributed by atoms with Crippen molar-refractivity contribution in [2.75, 3.05) is 6.54 Å². The molecule has 2 aromatic carbocycles. The largest absolute Gasteiger partial charge is 0.489 e. The maximum Gasteiger partial charge on any atom is 0.122 e. The van der Waals surface area contributed by atoms with Crippen LogP contribution in [0.4, 0.5) is 0 Å². The number of ether oxygens (including phenoxy) is 1. The highest BCUT2D eigenvalue weighted by Crippen LogP contribution is 2.22. The first kappa shape index (κ1) is 12.2. The van der Waals surface area contributed by atoms with Crippen molar-refractivity contribution in [3.8, 4) is 5.75 Å². The van der Waals surface area contributed by atoms with Gasteiger partial charge in [-0.1, -0.05) is 36.4 Å². The predicted molar refractivity (Wildman–Crippen MR) is 77.4 cm³/mol. The molecule has 1 aliphatic heterocycles. The van der Waals surface area contributed by atoms with Crippen LogP contribution in [-0.4, -0.2) is 6.54 Å². The van der Waals surface area contributed by atoms with Crippen LogP contribution in [-0.2, 0) is 19.6 Å². The molecule has 98 valence electrons. The first-order valence-electron chi connectivity index (χ1n) is 6.83. The molecule has 2 nitrogen and oxygen atoms in total. The van der Waals surface area contributed by atoms with Crippen LogP contribution in [0.25, 0.3) is 0 Å². The summed E-state index contributed by atoms with van der Waals surface area (Å²) in [5.74, 6) is 0.976. The van der Waals surface area contributed by atoms with Gasteiger partial charge in [0.25, 0.3) is 0 Å². The van der Waals surface area contributed by atoms with E-state index >= 15 is 0 Å². The molecule has 0 bridgehead atoms. The minimum Gasteiger partial charge on any atom is -0.489 e. The lowest BCUT2D eigenvalue weighted by Gasteiger charge is -2.20. The van der Waals surface area contributed by atoms with Gasteiger partial charge in [-0.25, -0.2) is 0 Å². The monoisotopic (exact) mass is 253 g/mol. The molecule has 1 N–H and O–H groups in total. The van der Waals surface area contributed by atoms with Crippen molar-refractivity contribution in [1.29, 1.82) is 0 Å². The molecule has 0 fully saturated rings. The lowest BCUT2D eigenvalue weighted by Crippen LogP contribution is -2.25. The molecular formula is C17H19NO. The summed E-state index contributed by atoms with van der Waals surface area (Å²) in [5, 5.41) is 3.44. The first-order valence-corrected chi connectivity index (χ1v) is 6.83. The van der Waals surface area contributed by atoms with E-state index in [-0.39, 0.29) is 0 Å². The molecule has 0 atom stereocenters. The highest BCUT2D eigenvalue weighted by Gasteiger charge is 2.12. The number of nitrogens with one attached hydrogen (secondary N) is 1. The summed E-state index contributed by atoms with van der Waals surface area (Å²) in [7, 11) is 0. The summed E-state index contributed by atoms with van der Waals surface area (Å²) >= 11 is 0. The van der Waals surface area contributed by atoms with Crippen LogP contribution >= 0.6 is 0 Å². The zero-order valence-electron chi connectivity index (χ0n) is 11.3. The zero-order valence-corrected chi connectivity index (χ0v) is 11.3. The number of fused-ring (bicyclic) bond motifs is 1. The molecule has 0 radical (unpaired) electrons. The lowest BCUT2D eigenvalue weighted by molar-refractivity contribution is 0.302. The van der Waals surface area contributed by atoms with Crippen molar-refractivity contribution in [2.45, 2.75) is 26.5 Å². The molecule has 1 heterocycles. The van der Waals surface area contributed by atoms with Gasteiger partial charge in [0, 0.05) is 6.54 Å². The van der Waals surface area contributed by atoms with Crippen LogP contribution in [0, 0.1) is 6.92 Å². The number of rotatable bonds is 3. The number of hydrogen-bond donors (Lipinski definition) is 1. The first-order chi connectivity index (χ1) is 9.34. The Hall–Kier alpha value is -1.80. The number of aryl methyl sites for hydroxylation is 1. The standard InChI is InChI=1S/C17H19NO/c1-13-5-2-3-8-17(13)19-12-15-7-4-6-14-9-10-18-11-16(14)15/h2-8,18H,9-12H2,1H3. The average molecular weight is 253 g/mol. The predicted octanol–water partition coefficient (Wildman–Crippen LogP) is 3.22. The molecule has 0 aromatic heterocycles. The Kier molecular flexibility index (Phi) is 3.51. The van der Waals surface area contributed by atoms with E-state index in [1.807, 2.05) is 18.2 Å². The maximum absolute atomic E-state index is 5.96. The highest BCUT2D eigenvalue weighted by atomic mass is 16.5. The van der Waals surface area contributed by atoms with Gasteiger partial charge in [0.2, 0.25) is 0 Å². The molecule has 2 heteroatoms. The van der Waals surface area contributed by atoms with Gasteiger partial charge < -0.3 is 10.1 Å². The van der Waals surface area contributed by atoms with Gasteiger partial charge in [0.05, 0.1) is 0 Å². The summed E-state index contributed by atoms with van der Waals surface area (Å²) < 4.78 is 5.96. The molecule has 0 spiro atoms. The number of hydrogen-bond acceptors (Lipinski definition) is 2. The van der Waals surface area contributed by atoms with E-state index in [9.17, 15) is 0 Å². The molecule has 0 saturated carbocycles. The molecule has 19 heavy (non-hydrogen) atoms. The lowest BCUT2D eigenvalue weighted by atomic mass is 9.96. The zero-order chi connectivity index (χ0) is 13.1. The molecular weight excluding hydrogens is 234 g/mol. The third kappa shape index (κ3) is 2.64. The molecule has 3 rings (SSSR count). The molecule has 0 saturated heterocycles. The second-order valence-corrected chi connectivity index (χ2v) is 5.04. The van der Waals surface area contributed by atoms with E-state index < -0.39 is 0 Å². The van der Waals surface area contributed by atoms with Crippen molar-refractivity contribution in [1.82, 2.24) is 5.32 Å². The summed E-state index contributed by atoms with van der Waals surface area (Å²) in [6, 6.07) is 14.7. The van der Waals surface area contributed by atoms with E-state index in [2.05, 4.69) is 36.5 Å². The normalized spacial score (nSPS) is 13.9. The Bertz CT molecular complexity index is 577. The van der Waals surface area contributed by atoms with E-state index in [0.717, 1.165) is 25.3 Å². The van der Waals surface area contributed by atoms with Crippen LogP contribution in [0.15, 0.2) is 42.5 Å². The van der Waals surface area contributed by atoms with Crippen molar-refractivity contribution < 1.29 is 4.74 Å². The summed E-state index contributed by atoms with van der Waals surface area (Å²) in [6.45, 7) is 4.77. The van der Waals surface area contributed by atoms with Gasteiger partial charge in [0.15, 0.2) is 0 Å². The van der Waals surface area contributed by atoms with Crippen LogP contribution in [0.3, 0.4) is 0 Å². The van der Waals surface area contributed by atoms with Gasteiger partial charge in [-0.2, -0.15) is 0 Å². The van der Waals surface area contributed by atoms with Gasteiger partial charge in [0.1, 0.15) is 12.4 Å². The molecule has 0 aliphatic carbocycles. The minimum atomic E-state index is 0.649. The Morgan fingerprint density at radius 1 is 1.11 bits per heavy atom. The van der Waals surface area contributed by atoms with Crippen molar-refractivity contribution >= 4 is 0 Å². The molecule has 0 unspecified atom stereocenters. The van der Waals surface area contributed by atoms with Gasteiger partial charge in [-0.3, -0.25) is 0 Å². The number of para-hydroxylation sites is 1. The van der Waals surface area contributed by atoms with Gasteiger partial charge >= 0.3 is 0 Å². The second kappa shape index (κ2) is 5.45. The van der Waals surface area contributed by atoms with E-state index in [1.54, 1.807) is 0 Å². The van der Waals surface area contributed by atoms with Crippen LogP contribution in [0.5, 0.6) is 5.75 Å². The van der Waals surface area contributed by atoms with Crippen molar-refractivity contribution in [3.05, 3.63) is 64.7 Å². The van der Waals surface area contributed by atoms with Crippen molar-refractivity contribution in [2.24, 2.45) is 0 Å². The van der Waals surface area contributed by atoms with Crippen LogP contribution in [0.2, 0.25) is 0 Å². The van der Waals surface area contributed by atoms with Gasteiger partial charge in [-0.15, -0.1) is 0 Å². The van der Waals surface area contributed by atoms with Crippen LogP contribution in [0.1, 0.15) is 22.3 Å². The SMILES string of the molecule is Cc1ccccc1OCc1cccc2c1CNCC2. The Morgan fingerprint density at radius 3 is 2.89 bits per heavy atom. The summed E-state index contributed by atoms with van der Waals surface area (Å²) in [5.41, 5.74) is 5.37. The maximum atomic E-state index is 5.96. The fourth-order valence-electron chi connectivity index (χ4n) is 2.59. The third-order valence-corrected chi connectivity index (χ3v) is 3.72. The van der Waals surface area contributed by atoms with E-state index in [1.165, 1.54) is 22.3 Å². The van der Waals surface area contributed by atoms with E-state index in [0.29, 0.717) is 6.61 Å².